The lowest BCUT2D eigenvalue weighted by Crippen LogP contribution is -2.41. The Morgan fingerprint density at radius 3 is 2.60 bits per heavy atom. The molecule has 0 bridgehead atoms. The number of terminal acetylenes is 1. The van der Waals surface area contributed by atoms with Gasteiger partial charge in [-0.15, -0.1) is 12.3 Å². The summed E-state index contributed by atoms with van der Waals surface area (Å²) in [4.78, 5) is 7.12. The van der Waals surface area contributed by atoms with Crippen molar-refractivity contribution in [1.29, 1.82) is 5.26 Å². The molecule has 0 radical (unpaired) electrons. The molecule has 3 aromatic rings. The zero-order chi connectivity index (χ0) is 25.0. The van der Waals surface area contributed by atoms with Crippen molar-refractivity contribution in [2.45, 2.75) is 58.8 Å². The summed E-state index contributed by atoms with van der Waals surface area (Å²) < 4.78 is 18.7. The maximum absolute atomic E-state index is 9.81. The number of benzene rings is 2. The van der Waals surface area contributed by atoms with Crippen LogP contribution in [0, 0.1) is 36.5 Å². The Kier molecular flexibility index (Phi) is 5.76. The second-order valence-corrected chi connectivity index (χ2v) is 10.6. The molecule has 1 unspecified atom stereocenters. The first-order valence-electron chi connectivity index (χ1n) is 12.1. The number of rotatable bonds is 4. The highest BCUT2D eigenvalue weighted by atomic mass is 16.7. The van der Waals surface area contributed by atoms with Gasteiger partial charge in [-0.2, -0.15) is 5.26 Å². The second kappa shape index (κ2) is 8.54. The molecule has 2 aliphatic heterocycles. The lowest BCUT2D eigenvalue weighted by molar-refractivity contribution is 0.00578. The van der Waals surface area contributed by atoms with Crippen molar-refractivity contribution in [2.24, 2.45) is 5.92 Å². The van der Waals surface area contributed by atoms with Gasteiger partial charge < -0.3 is 13.7 Å². The predicted molar refractivity (Wildman–Crippen MR) is 137 cm³/mol. The third kappa shape index (κ3) is 4.15. The highest BCUT2D eigenvalue weighted by Crippen LogP contribution is 2.37. The molecule has 0 saturated carbocycles. The fourth-order valence-electron chi connectivity index (χ4n) is 4.86. The molecule has 7 heteroatoms. The average molecular weight is 467 g/mol. The quantitative estimate of drug-likeness (QED) is 0.418. The Morgan fingerprint density at radius 2 is 1.94 bits per heavy atom. The summed E-state index contributed by atoms with van der Waals surface area (Å²) in [5, 5.41) is 9.81. The van der Waals surface area contributed by atoms with Gasteiger partial charge in [-0.05, 0) is 82.4 Å². The van der Waals surface area contributed by atoms with Gasteiger partial charge in [0.15, 0.2) is 5.58 Å². The molecule has 1 aromatic heterocycles. The Morgan fingerprint density at radius 1 is 1.20 bits per heavy atom. The Bertz CT molecular complexity index is 1360. The highest BCUT2D eigenvalue weighted by molar-refractivity contribution is 6.62. The molecule has 2 saturated heterocycles. The second-order valence-electron chi connectivity index (χ2n) is 10.6. The van der Waals surface area contributed by atoms with Gasteiger partial charge in [-0.3, -0.25) is 4.90 Å². The monoisotopic (exact) mass is 467 g/mol. The number of nitriles is 1. The summed E-state index contributed by atoms with van der Waals surface area (Å²) in [5.41, 5.74) is 4.65. The minimum atomic E-state index is -0.474. The van der Waals surface area contributed by atoms with Crippen molar-refractivity contribution in [2.75, 3.05) is 13.1 Å². The van der Waals surface area contributed by atoms with Crippen molar-refractivity contribution in [3.63, 3.8) is 0 Å². The summed E-state index contributed by atoms with van der Waals surface area (Å²) >= 11 is 0. The first kappa shape index (κ1) is 23.6. The minimum absolute atomic E-state index is 0.298. The van der Waals surface area contributed by atoms with E-state index in [1.165, 1.54) is 0 Å². The third-order valence-corrected chi connectivity index (χ3v) is 7.70. The third-order valence-electron chi connectivity index (χ3n) is 7.70. The van der Waals surface area contributed by atoms with E-state index in [4.69, 9.17) is 25.1 Å². The van der Waals surface area contributed by atoms with Crippen LogP contribution in [0.2, 0.25) is 0 Å². The number of fused-ring (bicyclic) bond motifs is 1. The summed E-state index contributed by atoms with van der Waals surface area (Å²) in [6.07, 6.45) is 6.61. The number of nitrogens with zero attached hydrogens (tertiary/aromatic N) is 3. The fraction of sp³-hybridized carbons (Fsp3) is 0.429. The van der Waals surface area contributed by atoms with Gasteiger partial charge in [-0.1, -0.05) is 12.1 Å². The summed E-state index contributed by atoms with van der Waals surface area (Å²) in [7, 11) is -0.474. The Balaban J connectivity index is 1.49. The smallest absolute Gasteiger partial charge is 0.435 e. The van der Waals surface area contributed by atoms with Crippen molar-refractivity contribution in [3.8, 4) is 29.9 Å². The van der Waals surface area contributed by atoms with Crippen LogP contribution in [0.3, 0.4) is 0 Å². The topological polar surface area (TPSA) is 71.5 Å². The minimum Gasteiger partial charge on any atom is -0.435 e. The lowest BCUT2D eigenvalue weighted by Gasteiger charge is -2.32. The predicted octanol–water partition coefficient (Wildman–Crippen LogP) is 4.43. The van der Waals surface area contributed by atoms with Gasteiger partial charge >= 0.3 is 7.12 Å². The van der Waals surface area contributed by atoms with Gasteiger partial charge in [0.25, 0.3) is 0 Å². The van der Waals surface area contributed by atoms with Crippen LogP contribution >= 0.6 is 0 Å². The largest absolute Gasteiger partial charge is 0.495 e. The average Bonchev–Trinajstić information content (AvgIpc) is 3.49. The molecule has 35 heavy (non-hydrogen) atoms. The van der Waals surface area contributed by atoms with E-state index in [-0.39, 0.29) is 0 Å². The molecule has 1 atom stereocenters. The highest BCUT2D eigenvalue weighted by Gasteiger charge is 2.52. The maximum atomic E-state index is 9.81. The SMILES string of the molecule is C#CC1CCN(Cc2cc(C#N)c3oc(-c4cccc(B5OC(C)(C)C(C)(C)O5)c4C)nc3c2)C1. The molecular weight excluding hydrogens is 437 g/mol. The van der Waals surface area contributed by atoms with Crippen LogP contribution in [-0.2, 0) is 15.9 Å². The summed E-state index contributed by atoms with van der Waals surface area (Å²) in [6, 6.07) is 12.2. The summed E-state index contributed by atoms with van der Waals surface area (Å²) in [5.74, 6) is 3.64. The van der Waals surface area contributed by atoms with Crippen LogP contribution in [0.4, 0.5) is 0 Å². The van der Waals surface area contributed by atoms with E-state index in [0.717, 1.165) is 48.2 Å². The Hall–Kier alpha value is -3.10. The molecule has 0 N–H and O–H groups in total. The van der Waals surface area contributed by atoms with E-state index < -0.39 is 18.3 Å². The first-order chi connectivity index (χ1) is 16.6. The zero-order valence-electron chi connectivity index (χ0n) is 21.0. The van der Waals surface area contributed by atoms with Crippen LogP contribution in [0.5, 0.6) is 0 Å². The molecule has 0 aliphatic carbocycles. The molecule has 178 valence electrons. The number of hydrogen-bond acceptors (Lipinski definition) is 6. The van der Waals surface area contributed by atoms with Crippen LogP contribution in [0.1, 0.15) is 50.8 Å². The van der Waals surface area contributed by atoms with Crippen molar-refractivity contribution in [1.82, 2.24) is 9.88 Å². The van der Waals surface area contributed by atoms with Crippen LogP contribution in [0.25, 0.3) is 22.6 Å². The zero-order valence-corrected chi connectivity index (χ0v) is 21.0. The van der Waals surface area contributed by atoms with Gasteiger partial charge in [0.1, 0.15) is 11.6 Å². The van der Waals surface area contributed by atoms with E-state index in [1.807, 2.05) is 65.0 Å². The number of likely N-dealkylation sites (tertiary alicyclic amines) is 1. The van der Waals surface area contributed by atoms with E-state index in [0.29, 0.717) is 28.5 Å². The van der Waals surface area contributed by atoms with Gasteiger partial charge in [0.2, 0.25) is 5.89 Å². The first-order valence-corrected chi connectivity index (χ1v) is 12.1. The van der Waals surface area contributed by atoms with E-state index in [2.05, 4.69) is 16.9 Å². The molecule has 6 nitrogen and oxygen atoms in total. The van der Waals surface area contributed by atoms with Crippen LogP contribution in [0.15, 0.2) is 34.7 Å². The number of aromatic nitrogens is 1. The molecule has 5 rings (SSSR count). The molecule has 2 aliphatic rings. The van der Waals surface area contributed by atoms with Crippen LogP contribution in [-0.4, -0.2) is 41.3 Å². The molecule has 2 fully saturated rings. The number of hydrogen-bond donors (Lipinski definition) is 0. The van der Waals surface area contributed by atoms with Gasteiger partial charge in [0.05, 0.1) is 16.8 Å². The molecule has 2 aromatic carbocycles. The van der Waals surface area contributed by atoms with E-state index in [1.54, 1.807) is 0 Å². The molecular formula is C28H30BN3O3. The van der Waals surface area contributed by atoms with Crippen molar-refractivity contribution >= 4 is 23.7 Å². The van der Waals surface area contributed by atoms with Crippen molar-refractivity contribution in [3.05, 3.63) is 47.0 Å². The normalized spacial score (nSPS) is 21.3. The van der Waals surface area contributed by atoms with Gasteiger partial charge in [0, 0.05) is 24.6 Å². The van der Waals surface area contributed by atoms with Crippen molar-refractivity contribution < 1.29 is 13.7 Å². The standard InChI is InChI=1S/C28H30BN3O3/c1-7-19-11-12-32(16-19)17-20-13-21(15-30)25-24(14-20)31-26(33-25)22-9-8-10-23(18(22)2)29-34-27(3,4)28(5,6)35-29/h1,8-10,13-14,19H,11-12,16-17H2,2-6H3. The van der Waals surface area contributed by atoms with E-state index in [9.17, 15) is 5.26 Å². The fourth-order valence-corrected chi connectivity index (χ4v) is 4.86. The maximum Gasteiger partial charge on any atom is 0.495 e. The molecule has 0 spiro atoms. The Labute approximate surface area is 207 Å². The lowest BCUT2D eigenvalue weighted by atomic mass is 9.75. The molecule has 0 amide bonds. The van der Waals surface area contributed by atoms with Gasteiger partial charge in [-0.25, -0.2) is 4.98 Å². The summed E-state index contributed by atoms with van der Waals surface area (Å²) in [6.45, 7) is 12.8. The van der Waals surface area contributed by atoms with Crippen LogP contribution < -0.4 is 5.46 Å². The van der Waals surface area contributed by atoms with E-state index >= 15 is 0 Å². The molecule has 3 heterocycles. The number of oxazole rings is 1.